The van der Waals surface area contributed by atoms with E-state index in [4.69, 9.17) is 9.47 Å². The molecule has 0 saturated heterocycles. The minimum Gasteiger partial charge on any atom is -0.486 e. The van der Waals surface area contributed by atoms with Crippen LogP contribution in [-0.2, 0) is 14.8 Å². The van der Waals surface area contributed by atoms with Crippen LogP contribution < -0.4 is 23.8 Å². The predicted molar refractivity (Wildman–Crippen MR) is 106 cm³/mol. The lowest BCUT2D eigenvalue weighted by Gasteiger charge is -2.29. The normalized spacial score (nSPS) is 14.5. The number of alkyl halides is 3. The summed E-state index contributed by atoms with van der Waals surface area (Å²) >= 11 is 0. The van der Waals surface area contributed by atoms with Gasteiger partial charge in [-0.05, 0) is 43.3 Å². The number of ether oxygens (including phenoxy) is 3. The molecule has 3 rings (SSSR count). The van der Waals surface area contributed by atoms with Gasteiger partial charge in [0.1, 0.15) is 25.0 Å². The lowest BCUT2D eigenvalue weighted by Crippen LogP contribution is -2.45. The molecule has 0 aliphatic carbocycles. The van der Waals surface area contributed by atoms with Gasteiger partial charge in [0, 0.05) is 11.8 Å². The number of carbonyl (C=O) groups excluding carboxylic acids is 1. The van der Waals surface area contributed by atoms with Crippen molar-refractivity contribution in [1.29, 1.82) is 0 Å². The third kappa shape index (κ3) is 5.72. The van der Waals surface area contributed by atoms with E-state index in [0.29, 0.717) is 24.7 Å². The van der Waals surface area contributed by atoms with E-state index < -0.39 is 34.1 Å². The van der Waals surface area contributed by atoms with Crippen LogP contribution in [0.15, 0.2) is 42.5 Å². The maximum Gasteiger partial charge on any atom is 0.573 e. The Balaban J connectivity index is 1.79. The SMILES string of the molecule is CC(C(=O)Nc1ccc(OC(F)(F)F)cc1)N(c1ccc2c(c1)OCCO2)S(C)(=O)=O. The van der Waals surface area contributed by atoms with Gasteiger partial charge in [-0.3, -0.25) is 9.10 Å². The lowest BCUT2D eigenvalue weighted by atomic mass is 10.2. The number of benzene rings is 2. The lowest BCUT2D eigenvalue weighted by molar-refractivity contribution is -0.274. The van der Waals surface area contributed by atoms with Crippen LogP contribution in [0.2, 0.25) is 0 Å². The maximum absolute atomic E-state index is 12.7. The summed E-state index contributed by atoms with van der Waals surface area (Å²) in [6, 6.07) is 7.80. The van der Waals surface area contributed by atoms with E-state index in [0.717, 1.165) is 22.7 Å². The van der Waals surface area contributed by atoms with Crippen LogP contribution in [0.1, 0.15) is 6.92 Å². The standard InChI is InChI=1S/C19H19F3N2O6S/c1-12(18(25)23-13-3-6-15(7-4-13)30-19(20,21)22)24(31(2,26)27)14-5-8-16-17(11-14)29-10-9-28-16/h3-8,11-12H,9-10H2,1-2H3,(H,23,25). The van der Waals surface area contributed by atoms with Crippen molar-refractivity contribution < 1.29 is 40.6 Å². The van der Waals surface area contributed by atoms with Crippen molar-refractivity contribution in [3.05, 3.63) is 42.5 Å². The Morgan fingerprint density at radius 1 is 1.10 bits per heavy atom. The Hall–Kier alpha value is -3.15. The Morgan fingerprint density at radius 3 is 2.29 bits per heavy atom. The van der Waals surface area contributed by atoms with Crippen molar-refractivity contribution in [3.63, 3.8) is 0 Å². The number of halogens is 3. The van der Waals surface area contributed by atoms with Crippen molar-refractivity contribution in [2.24, 2.45) is 0 Å². The number of anilines is 2. The van der Waals surface area contributed by atoms with Crippen LogP contribution in [0, 0.1) is 0 Å². The highest BCUT2D eigenvalue weighted by molar-refractivity contribution is 7.92. The second kappa shape index (κ2) is 8.53. The van der Waals surface area contributed by atoms with Crippen molar-refractivity contribution >= 4 is 27.3 Å². The van der Waals surface area contributed by atoms with E-state index in [1.165, 1.54) is 31.2 Å². The molecule has 1 aliphatic rings. The van der Waals surface area contributed by atoms with E-state index in [1.54, 1.807) is 6.07 Å². The van der Waals surface area contributed by atoms with Gasteiger partial charge in [-0.1, -0.05) is 0 Å². The molecule has 12 heteroatoms. The molecule has 0 bridgehead atoms. The van der Waals surface area contributed by atoms with Crippen molar-refractivity contribution in [1.82, 2.24) is 0 Å². The van der Waals surface area contributed by atoms with Crippen molar-refractivity contribution in [3.8, 4) is 17.2 Å². The van der Waals surface area contributed by atoms with Gasteiger partial charge in [0.25, 0.3) is 0 Å². The minimum atomic E-state index is -4.83. The van der Waals surface area contributed by atoms with Crippen LogP contribution in [0.25, 0.3) is 0 Å². The first-order valence-corrected chi connectivity index (χ1v) is 10.8. The average molecular weight is 460 g/mol. The minimum absolute atomic E-state index is 0.169. The molecular weight excluding hydrogens is 441 g/mol. The Bertz CT molecular complexity index is 1060. The molecule has 1 unspecified atom stereocenters. The number of carbonyl (C=O) groups is 1. The van der Waals surface area contributed by atoms with Crippen molar-refractivity contribution in [2.45, 2.75) is 19.3 Å². The van der Waals surface area contributed by atoms with Gasteiger partial charge >= 0.3 is 6.36 Å². The zero-order chi connectivity index (χ0) is 22.8. The highest BCUT2D eigenvalue weighted by atomic mass is 32.2. The van der Waals surface area contributed by atoms with E-state index >= 15 is 0 Å². The highest BCUT2D eigenvalue weighted by Gasteiger charge is 2.32. The zero-order valence-electron chi connectivity index (χ0n) is 16.5. The third-order valence-corrected chi connectivity index (χ3v) is 5.47. The second-order valence-corrected chi connectivity index (χ2v) is 8.48. The van der Waals surface area contributed by atoms with E-state index in [-0.39, 0.29) is 11.4 Å². The number of amides is 1. The van der Waals surface area contributed by atoms with Crippen LogP contribution >= 0.6 is 0 Å². The monoisotopic (exact) mass is 460 g/mol. The molecule has 1 atom stereocenters. The molecule has 0 saturated carbocycles. The molecule has 2 aromatic rings. The van der Waals surface area contributed by atoms with Gasteiger partial charge in [0.05, 0.1) is 11.9 Å². The molecule has 168 valence electrons. The molecule has 1 heterocycles. The maximum atomic E-state index is 12.7. The molecule has 1 N–H and O–H groups in total. The van der Waals surface area contributed by atoms with Gasteiger partial charge in [-0.15, -0.1) is 13.2 Å². The molecule has 31 heavy (non-hydrogen) atoms. The van der Waals surface area contributed by atoms with E-state index in [1.807, 2.05) is 0 Å². The Labute approximate surface area is 176 Å². The van der Waals surface area contributed by atoms with Crippen LogP contribution in [0.3, 0.4) is 0 Å². The fourth-order valence-electron chi connectivity index (χ4n) is 2.96. The van der Waals surface area contributed by atoms with Crippen LogP contribution in [0.4, 0.5) is 24.5 Å². The summed E-state index contributed by atoms with van der Waals surface area (Å²) in [7, 11) is -3.88. The molecule has 1 aliphatic heterocycles. The topological polar surface area (TPSA) is 94.2 Å². The van der Waals surface area contributed by atoms with Crippen LogP contribution in [-0.4, -0.2) is 46.2 Å². The summed E-state index contributed by atoms with van der Waals surface area (Å²) in [6.45, 7) is 2.06. The smallest absolute Gasteiger partial charge is 0.486 e. The summed E-state index contributed by atoms with van der Waals surface area (Å²) in [5.74, 6) is -0.329. The fourth-order valence-corrected chi connectivity index (χ4v) is 4.13. The first kappa shape index (κ1) is 22.5. The predicted octanol–water partition coefficient (Wildman–Crippen LogP) is 3.15. The highest BCUT2D eigenvalue weighted by Crippen LogP contribution is 2.35. The summed E-state index contributed by atoms with van der Waals surface area (Å²) < 4.78 is 77.2. The summed E-state index contributed by atoms with van der Waals surface area (Å²) in [6.07, 6.45) is -3.88. The first-order valence-electron chi connectivity index (χ1n) is 9.00. The number of sulfonamides is 1. The number of nitrogens with one attached hydrogen (secondary N) is 1. The van der Waals surface area contributed by atoms with E-state index in [2.05, 4.69) is 10.1 Å². The van der Waals surface area contributed by atoms with Gasteiger partial charge in [-0.2, -0.15) is 0 Å². The summed E-state index contributed by atoms with van der Waals surface area (Å²) in [4.78, 5) is 12.7. The molecule has 2 aromatic carbocycles. The summed E-state index contributed by atoms with van der Waals surface area (Å²) in [5, 5.41) is 2.48. The van der Waals surface area contributed by atoms with Gasteiger partial charge < -0.3 is 19.5 Å². The van der Waals surface area contributed by atoms with E-state index in [9.17, 15) is 26.4 Å². The Morgan fingerprint density at radius 2 is 1.71 bits per heavy atom. The molecule has 8 nitrogen and oxygen atoms in total. The molecule has 0 fully saturated rings. The summed E-state index contributed by atoms with van der Waals surface area (Å²) in [5.41, 5.74) is 0.366. The van der Waals surface area contributed by atoms with Crippen molar-refractivity contribution in [2.75, 3.05) is 29.1 Å². The number of hydrogen-bond acceptors (Lipinski definition) is 6. The third-order valence-electron chi connectivity index (χ3n) is 4.22. The number of fused-ring (bicyclic) bond motifs is 1. The molecular formula is C19H19F3N2O6S. The second-order valence-electron chi connectivity index (χ2n) is 6.62. The van der Waals surface area contributed by atoms with Gasteiger partial charge in [0.2, 0.25) is 15.9 Å². The van der Waals surface area contributed by atoms with Gasteiger partial charge in [0.15, 0.2) is 11.5 Å². The Kier molecular flexibility index (Phi) is 6.20. The number of hydrogen-bond donors (Lipinski definition) is 1. The largest absolute Gasteiger partial charge is 0.573 e. The quantitative estimate of drug-likeness (QED) is 0.712. The molecule has 0 radical (unpaired) electrons. The average Bonchev–Trinajstić information content (AvgIpc) is 2.67. The fraction of sp³-hybridized carbons (Fsp3) is 0.316. The number of nitrogens with zero attached hydrogens (tertiary/aromatic N) is 1. The zero-order valence-corrected chi connectivity index (χ0v) is 17.3. The first-order chi connectivity index (χ1) is 14.4. The number of rotatable bonds is 6. The van der Waals surface area contributed by atoms with Crippen LogP contribution in [0.5, 0.6) is 17.2 Å². The van der Waals surface area contributed by atoms with Gasteiger partial charge in [-0.25, -0.2) is 8.42 Å². The molecule has 0 spiro atoms. The molecule has 1 amide bonds. The molecule has 0 aromatic heterocycles.